The van der Waals surface area contributed by atoms with Gasteiger partial charge in [0.15, 0.2) is 0 Å². The fourth-order valence-corrected chi connectivity index (χ4v) is 1.65. The molecular formula is C12H15FN2O3. The number of nitrogen functional groups attached to an aromatic ring is 1. The van der Waals surface area contributed by atoms with E-state index in [0.29, 0.717) is 0 Å². The van der Waals surface area contributed by atoms with Crippen LogP contribution in [0.2, 0.25) is 0 Å². The van der Waals surface area contributed by atoms with Crippen molar-refractivity contribution in [3.63, 3.8) is 0 Å². The summed E-state index contributed by atoms with van der Waals surface area (Å²) < 4.78 is 13.6. The van der Waals surface area contributed by atoms with Crippen LogP contribution < -0.4 is 5.73 Å². The number of carbonyl (C=O) groups is 2. The molecule has 0 spiro atoms. The van der Waals surface area contributed by atoms with E-state index >= 15 is 0 Å². The Bertz CT molecular complexity index is 476. The molecule has 0 radical (unpaired) electrons. The first kappa shape index (κ1) is 14.0. The normalized spacial score (nSPS) is 11.9. The van der Waals surface area contributed by atoms with Gasteiger partial charge in [-0.1, -0.05) is 6.92 Å². The maximum atomic E-state index is 13.6. The van der Waals surface area contributed by atoms with Gasteiger partial charge >= 0.3 is 5.97 Å². The van der Waals surface area contributed by atoms with Crippen LogP contribution in [0.25, 0.3) is 0 Å². The fourth-order valence-electron chi connectivity index (χ4n) is 1.65. The van der Waals surface area contributed by atoms with Crippen LogP contribution >= 0.6 is 0 Å². The summed E-state index contributed by atoms with van der Waals surface area (Å²) >= 11 is 0. The van der Waals surface area contributed by atoms with Crippen LogP contribution in [-0.2, 0) is 4.79 Å². The molecule has 1 aromatic rings. The predicted molar refractivity (Wildman–Crippen MR) is 64.6 cm³/mol. The van der Waals surface area contributed by atoms with E-state index in [1.807, 2.05) is 0 Å². The van der Waals surface area contributed by atoms with E-state index in [2.05, 4.69) is 0 Å². The molecule has 0 saturated heterocycles. The summed E-state index contributed by atoms with van der Waals surface area (Å²) in [6, 6.07) is 2.70. The monoisotopic (exact) mass is 254 g/mol. The van der Waals surface area contributed by atoms with Gasteiger partial charge in [-0.25, -0.2) is 9.18 Å². The smallest absolute Gasteiger partial charge is 0.326 e. The van der Waals surface area contributed by atoms with Crippen molar-refractivity contribution in [1.82, 2.24) is 4.90 Å². The lowest BCUT2D eigenvalue weighted by Crippen LogP contribution is -2.42. The minimum absolute atomic E-state index is 0.189. The summed E-state index contributed by atoms with van der Waals surface area (Å²) in [6.07, 6.45) is 0.244. The van der Waals surface area contributed by atoms with Gasteiger partial charge in [-0.3, -0.25) is 4.79 Å². The van der Waals surface area contributed by atoms with Gasteiger partial charge in [0.25, 0.3) is 5.91 Å². The van der Waals surface area contributed by atoms with E-state index < -0.39 is 23.7 Å². The summed E-state index contributed by atoms with van der Waals surface area (Å²) in [5.74, 6) is -2.56. The van der Waals surface area contributed by atoms with E-state index in [4.69, 9.17) is 10.8 Å². The van der Waals surface area contributed by atoms with Gasteiger partial charge < -0.3 is 15.7 Å². The van der Waals surface area contributed by atoms with Crippen molar-refractivity contribution in [2.24, 2.45) is 0 Å². The maximum absolute atomic E-state index is 13.6. The van der Waals surface area contributed by atoms with E-state index in [1.54, 1.807) is 6.92 Å². The SMILES string of the molecule is CCC(C(=O)O)N(C)C(=O)c1ccc(N)cc1F. The van der Waals surface area contributed by atoms with Gasteiger partial charge in [0.05, 0.1) is 5.56 Å². The highest BCUT2D eigenvalue weighted by molar-refractivity contribution is 5.96. The van der Waals surface area contributed by atoms with Gasteiger partial charge in [0.1, 0.15) is 11.9 Å². The van der Waals surface area contributed by atoms with Crippen molar-refractivity contribution in [3.05, 3.63) is 29.6 Å². The lowest BCUT2D eigenvalue weighted by atomic mass is 10.1. The molecule has 1 rings (SSSR count). The Morgan fingerprint density at radius 1 is 1.50 bits per heavy atom. The van der Waals surface area contributed by atoms with Crippen LogP contribution in [0, 0.1) is 5.82 Å². The first-order valence-corrected chi connectivity index (χ1v) is 5.43. The standard InChI is InChI=1S/C12H15FN2O3/c1-3-10(12(17)18)15(2)11(16)8-5-4-7(14)6-9(8)13/h4-6,10H,3,14H2,1-2H3,(H,17,18). The highest BCUT2D eigenvalue weighted by Crippen LogP contribution is 2.15. The maximum Gasteiger partial charge on any atom is 0.326 e. The number of carboxylic acid groups (broad SMARTS) is 1. The molecule has 98 valence electrons. The second-order valence-electron chi connectivity index (χ2n) is 3.92. The molecule has 18 heavy (non-hydrogen) atoms. The molecule has 1 atom stereocenters. The average Bonchev–Trinajstić information content (AvgIpc) is 2.28. The first-order valence-electron chi connectivity index (χ1n) is 5.43. The van der Waals surface area contributed by atoms with Crippen LogP contribution in [0.3, 0.4) is 0 Å². The van der Waals surface area contributed by atoms with Crippen LogP contribution in [0.1, 0.15) is 23.7 Å². The topological polar surface area (TPSA) is 83.6 Å². The molecule has 1 unspecified atom stereocenters. The number of benzene rings is 1. The minimum atomic E-state index is -1.12. The Balaban J connectivity index is 3.02. The number of likely N-dealkylation sites (N-methyl/N-ethyl adjacent to an activating group) is 1. The largest absolute Gasteiger partial charge is 0.480 e. The van der Waals surface area contributed by atoms with Gasteiger partial charge in [-0.2, -0.15) is 0 Å². The van der Waals surface area contributed by atoms with Crippen LogP contribution in [-0.4, -0.2) is 35.0 Å². The first-order chi connectivity index (χ1) is 8.38. The quantitative estimate of drug-likeness (QED) is 0.794. The number of nitrogens with zero attached hydrogens (tertiary/aromatic N) is 1. The lowest BCUT2D eigenvalue weighted by molar-refractivity contribution is -0.142. The van der Waals surface area contributed by atoms with Crippen molar-refractivity contribution in [2.45, 2.75) is 19.4 Å². The number of anilines is 1. The van der Waals surface area contributed by atoms with Crippen LogP contribution in [0.5, 0.6) is 0 Å². The Morgan fingerprint density at radius 3 is 2.56 bits per heavy atom. The van der Waals surface area contributed by atoms with E-state index in [9.17, 15) is 14.0 Å². The summed E-state index contributed by atoms with van der Waals surface area (Å²) in [7, 11) is 1.33. The van der Waals surface area contributed by atoms with Crippen molar-refractivity contribution in [2.75, 3.05) is 12.8 Å². The molecule has 1 aromatic carbocycles. The molecule has 1 amide bonds. The lowest BCUT2D eigenvalue weighted by Gasteiger charge is -2.24. The second-order valence-corrected chi connectivity index (χ2v) is 3.92. The number of carboxylic acids is 1. The molecule has 3 N–H and O–H groups in total. The Hall–Kier alpha value is -2.11. The zero-order chi connectivity index (χ0) is 13.9. The summed E-state index contributed by atoms with van der Waals surface area (Å²) in [4.78, 5) is 23.9. The zero-order valence-corrected chi connectivity index (χ0v) is 10.2. The van der Waals surface area contributed by atoms with Crippen molar-refractivity contribution < 1.29 is 19.1 Å². The summed E-state index contributed by atoms with van der Waals surface area (Å²) in [6.45, 7) is 1.64. The van der Waals surface area contributed by atoms with E-state index in [1.165, 1.54) is 19.2 Å². The number of aliphatic carboxylic acids is 1. The molecule has 0 heterocycles. The number of hydrogen-bond donors (Lipinski definition) is 2. The summed E-state index contributed by atoms with van der Waals surface area (Å²) in [5.41, 5.74) is 5.40. The minimum Gasteiger partial charge on any atom is -0.480 e. The number of carbonyl (C=O) groups excluding carboxylic acids is 1. The number of hydrogen-bond acceptors (Lipinski definition) is 3. The highest BCUT2D eigenvalue weighted by atomic mass is 19.1. The number of amides is 1. The van der Waals surface area contributed by atoms with E-state index in [-0.39, 0.29) is 17.7 Å². The van der Waals surface area contributed by atoms with Crippen molar-refractivity contribution in [1.29, 1.82) is 0 Å². The van der Waals surface area contributed by atoms with Crippen LogP contribution in [0.4, 0.5) is 10.1 Å². The van der Waals surface area contributed by atoms with Crippen molar-refractivity contribution >= 4 is 17.6 Å². The third-order valence-electron chi connectivity index (χ3n) is 2.68. The molecule has 0 saturated carbocycles. The molecule has 0 aromatic heterocycles. The third-order valence-corrected chi connectivity index (χ3v) is 2.68. The number of rotatable bonds is 4. The van der Waals surface area contributed by atoms with E-state index in [0.717, 1.165) is 11.0 Å². The second kappa shape index (κ2) is 5.48. The Labute approximate surface area is 104 Å². The average molecular weight is 254 g/mol. The molecule has 0 aliphatic carbocycles. The molecular weight excluding hydrogens is 239 g/mol. The molecule has 6 heteroatoms. The van der Waals surface area contributed by atoms with Crippen molar-refractivity contribution in [3.8, 4) is 0 Å². The molecule has 0 bridgehead atoms. The van der Waals surface area contributed by atoms with Crippen LogP contribution in [0.15, 0.2) is 18.2 Å². The third kappa shape index (κ3) is 2.77. The number of nitrogens with two attached hydrogens (primary N) is 1. The number of halogens is 1. The fraction of sp³-hybridized carbons (Fsp3) is 0.333. The molecule has 0 fully saturated rings. The molecule has 0 aliphatic heterocycles. The summed E-state index contributed by atoms with van der Waals surface area (Å²) in [5, 5.41) is 8.95. The molecule has 0 aliphatic rings. The van der Waals surface area contributed by atoms with Gasteiger partial charge in [-0.05, 0) is 24.6 Å². The van der Waals surface area contributed by atoms with Gasteiger partial charge in [-0.15, -0.1) is 0 Å². The predicted octanol–water partition coefficient (Wildman–Crippen LogP) is 1.34. The molecule has 5 nitrogen and oxygen atoms in total. The highest BCUT2D eigenvalue weighted by Gasteiger charge is 2.26. The Kier molecular flexibility index (Phi) is 4.25. The van der Waals surface area contributed by atoms with Gasteiger partial charge in [0.2, 0.25) is 0 Å². The zero-order valence-electron chi connectivity index (χ0n) is 10.2. The Morgan fingerprint density at radius 2 is 2.11 bits per heavy atom. The van der Waals surface area contributed by atoms with Gasteiger partial charge in [0, 0.05) is 12.7 Å².